The average molecular weight is 308 g/mol. The van der Waals surface area contributed by atoms with E-state index in [0.29, 0.717) is 11.5 Å². The molecule has 0 bridgehead atoms. The lowest BCUT2D eigenvalue weighted by Gasteiger charge is -2.22. The zero-order valence-electron chi connectivity index (χ0n) is 12.7. The van der Waals surface area contributed by atoms with Gasteiger partial charge in [-0.1, -0.05) is 6.92 Å². The Labute approximate surface area is 127 Å². The molecule has 2 heterocycles. The van der Waals surface area contributed by atoms with Gasteiger partial charge in [0.25, 0.3) is 11.5 Å². The lowest BCUT2D eigenvalue weighted by Crippen LogP contribution is -2.41. The van der Waals surface area contributed by atoms with Gasteiger partial charge in [-0.3, -0.25) is 14.0 Å². The SMILES string of the molecule is CC[C@@H](CNC(=O)c1cnc2sc(C)cn2c1=O)N(C)C. The Bertz CT molecular complexity index is 705. The molecule has 1 atom stereocenters. The summed E-state index contributed by atoms with van der Waals surface area (Å²) >= 11 is 1.43. The second-order valence-electron chi connectivity index (χ2n) is 5.21. The Morgan fingerprint density at radius 3 is 2.86 bits per heavy atom. The maximum absolute atomic E-state index is 12.3. The number of nitrogens with zero attached hydrogens (tertiary/aromatic N) is 3. The van der Waals surface area contributed by atoms with Crippen LogP contribution >= 0.6 is 11.3 Å². The maximum atomic E-state index is 12.3. The van der Waals surface area contributed by atoms with Gasteiger partial charge >= 0.3 is 0 Å². The summed E-state index contributed by atoms with van der Waals surface area (Å²) in [4.78, 5) is 32.3. The number of aromatic nitrogens is 2. The van der Waals surface area contributed by atoms with Gasteiger partial charge in [0.2, 0.25) is 0 Å². The Hall–Kier alpha value is -1.73. The molecule has 2 aromatic rings. The summed E-state index contributed by atoms with van der Waals surface area (Å²) < 4.78 is 1.43. The molecule has 21 heavy (non-hydrogen) atoms. The molecule has 1 amide bonds. The maximum Gasteiger partial charge on any atom is 0.271 e. The molecule has 0 spiro atoms. The molecule has 0 aromatic carbocycles. The molecule has 114 valence electrons. The molecule has 0 aliphatic carbocycles. The van der Waals surface area contributed by atoms with Gasteiger partial charge in [0, 0.05) is 29.9 Å². The Morgan fingerprint density at radius 1 is 1.52 bits per heavy atom. The van der Waals surface area contributed by atoms with Gasteiger partial charge in [0.1, 0.15) is 5.56 Å². The lowest BCUT2D eigenvalue weighted by atomic mass is 10.2. The molecule has 7 heteroatoms. The lowest BCUT2D eigenvalue weighted by molar-refractivity contribution is 0.0939. The number of fused-ring (bicyclic) bond motifs is 1. The number of nitrogens with one attached hydrogen (secondary N) is 1. The summed E-state index contributed by atoms with van der Waals surface area (Å²) in [6, 6.07) is 0.247. The average Bonchev–Trinajstić information content (AvgIpc) is 2.80. The van der Waals surface area contributed by atoms with Crippen molar-refractivity contribution in [1.29, 1.82) is 0 Å². The first-order valence-electron chi connectivity index (χ1n) is 6.86. The van der Waals surface area contributed by atoms with Crippen molar-refractivity contribution < 1.29 is 4.79 Å². The van der Waals surface area contributed by atoms with Crippen LogP contribution in [0.5, 0.6) is 0 Å². The second-order valence-corrected chi connectivity index (χ2v) is 6.42. The van der Waals surface area contributed by atoms with Crippen molar-refractivity contribution in [3.8, 4) is 0 Å². The van der Waals surface area contributed by atoms with E-state index in [-0.39, 0.29) is 23.1 Å². The van der Waals surface area contributed by atoms with E-state index in [2.05, 4.69) is 22.1 Å². The normalized spacial score (nSPS) is 12.8. The first-order valence-corrected chi connectivity index (χ1v) is 7.68. The molecule has 0 aliphatic rings. The fraction of sp³-hybridized carbons (Fsp3) is 0.500. The molecule has 2 aromatic heterocycles. The van der Waals surface area contributed by atoms with Crippen LogP contribution in [0.25, 0.3) is 4.96 Å². The number of carbonyl (C=O) groups excluding carboxylic acids is 1. The van der Waals surface area contributed by atoms with Crippen LogP contribution in [0.1, 0.15) is 28.6 Å². The predicted octanol–water partition coefficient (Wildman–Crippen LogP) is 1.13. The molecule has 1 N–H and O–H groups in total. The number of hydrogen-bond donors (Lipinski definition) is 1. The molecular formula is C14H20N4O2S. The fourth-order valence-corrected chi connectivity index (χ4v) is 2.93. The monoisotopic (exact) mass is 308 g/mol. The standard InChI is InChI=1S/C14H20N4O2S/c1-5-10(17(3)4)6-15-12(19)11-7-16-14-18(13(11)20)8-9(2)21-14/h7-8,10H,5-6H2,1-4H3,(H,15,19)/t10-/m0/s1. The zero-order chi connectivity index (χ0) is 15.6. The van der Waals surface area contributed by atoms with E-state index in [4.69, 9.17) is 0 Å². The van der Waals surface area contributed by atoms with Crippen LogP contribution < -0.4 is 10.9 Å². The van der Waals surface area contributed by atoms with Gasteiger partial charge in [-0.15, -0.1) is 11.3 Å². The Kier molecular flexibility index (Phi) is 4.74. The number of aryl methyl sites for hydroxylation is 1. The largest absolute Gasteiger partial charge is 0.350 e. The molecule has 6 nitrogen and oxygen atoms in total. The fourth-order valence-electron chi connectivity index (χ4n) is 2.15. The van der Waals surface area contributed by atoms with Crippen LogP contribution in [0.2, 0.25) is 0 Å². The first kappa shape index (κ1) is 15.7. The second kappa shape index (κ2) is 6.36. The number of likely N-dealkylation sites (N-methyl/N-ethyl adjacent to an activating group) is 1. The van der Waals surface area contributed by atoms with E-state index in [1.165, 1.54) is 21.9 Å². The third-order valence-electron chi connectivity index (χ3n) is 3.47. The number of amides is 1. The Balaban J connectivity index is 2.20. The number of thiazole rings is 1. The van der Waals surface area contributed by atoms with Crippen LogP contribution in [0.3, 0.4) is 0 Å². The highest BCUT2D eigenvalue weighted by molar-refractivity contribution is 7.16. The summed E-state index contributed by atoms with van der Waals surface area (Å²) in [7, 11) is 3.94. The molecule has 0 saturated heterocycles. The van der Waals surface area contributed by atoms with Crippen LogP contribution in [0.15, 0.2) is 17.2 Å². The number of rotatable bonds is 5. The predicted molar refractivity (Wildman–Crippen MR) is 84.2 cm³/mol. The summed E-state index contributed by atoms with van der Waals surface area (Å²) in [6.07, 6.45) is 3.99. The van der Waals surface area contributed by atoms with Crippen molar-refractivity contribution in [2.45, 2.75) is 26.3 Å². The highest BCUT2D eigenvalue weighted by Crippen LogP contribution is 2.12. The van der Waals surface area contributed by atoms with Crippen molar-refractivity contribution >= 4 is 22.2 Å². The van der Waals surface area contributed by atoms with Gasteiger partial charge in [-0.25, -0.2) is 4.98 Å². The van der Waals surface area contributed by atoms with Crippen LogP contribution in [0.4, 0.5) is 0 Å². The van der Waals surface area contributed by atoms with Crippen molar-refractivity contribution in [2.75, 3.05) is 20.6 Å². The minimum absolute atomic E-state index is 0.0823. The van der Waals surface area contributed by atoms with E-state index in [1.54, 1.807) is 6.20 Å². The molecule has 0 unspecified atom stereocenters. The summed E-state index contributed by atoms with van der Waals surface area (Å²) in [5.74, 6) is -0.369. The van der Waals surface area contributed by atoms with Crippen LogP contribution in [0, 0.1) is 6.92 Å². The van der Waals surface area contributed by atoms with Crippen molar-refractivity contribution in [1.82, 2.24) is 19.6 Å². The van der Waals surface area contributed by atoms with E-state index in [9.17, 15) is 9.59 Å². The van der Waals surface area contributed by atoms with Gasteiger partial charge in [0.05, 0.1) is 0 Å². The highest BCUT2D eigenvalue weighted by atomic mass is 32.1. The highest BCUT2D eigenvalue weighted by Gasteiger charge is 2.16. The van der Waals surface area contributed by atoms with Gasteiger partial charge < -0.3 is 10.2 Å². The first-order chi connectivity index (χ1) is 9.93. The zero-order valence-corrected chi connectivity index (χ0v) is 13.5. The van der Waals surface area contributed by atoms with Crippen molar-refractivity contribution in [3.05, 3.63) is 33.2 Å². The van der Waals surface area contributed by atoms with Crippen molar-refractivity contribution in [3.63, 3.8) is 0 Å². The van der Waals surface area contributed by atoms with Crippen molar-refractivity contribution in [2.24, 2.45) is 0 Å². The quantitative estimate of drug-likeness (QED) is 0.899. The van der Waals surface area contributed by atoms with Gasteiger partial charge in [0.15, 0.2) is 4.96 Å². The van der Waals surface area contributed by atoms with Gasteiger partial charge in [-0.05, 0) is 27.4 Å². The minimum Gasteiger partial charge on any atom is -0.350 e. The summed E-state index contributed by atoms with van der Waals surface area (Å²) in [5.41, 5.74) is -0.237. The smallest absolute Gasteiger partial charge is 0.271 e. The van der Waals surface area contributed by atoms with E-state index in [0.717, 1.165) is 11.3 Å². The van der Waals surface area contributed by atoms with E-state index < -0.39 is 0 Å². The Morgan fingerprint density at radius 2 is 2.24 bits per heavy atom. The third kappa shape index (κ3) is 3.30. The summed E-state index contributed by atoms with van der Waals surface area (Å²) in [5, 5.41) is 2.81. The minimum atomic E-state index is -0.369. The third-order valence-corrected chi connectivity index (χ3v) is 4.38. The summed E-state index contributed by atoms with van der Waals surface area (Å²) in [6.45, 7) is 4.47. The molecular weight excluding hydrogens is 288 g/mol. The van der Waals surface area contributed by atoms with E-state index in [1.807, 2.05) is 21.0 Å². The molecule has 2 rings (SSSR count). The molecule has 0 radical (unpaired) electrons. The molecule has 0 saturated carbocycles. The number of hydrogen-bond acceptors (Lipinski definition) is 5. The van der Waals surface area contributed by atoms with Gasteiger partial charge in [-0.2, -0.15) is 0 Å². The molecule has 0 fully saturated rings. The topological polar surface area (TPSA) is 66.7 Å². The van der Waals surface area contributed by atoms with Crippen LogP contribution in [-0.2, 0) is 0 Å². The molecule has 0 aliphatic heterocycles. The van der Waals surface area contributed by atoms with E-state index >= 15 is 0 Å². The van der Waals surface area contributed by atoms with Crippen LogP contribution in [-0.4, -0.2) is 46.9 Å². The number of carbonyl (C=O) groups is 1.